The molecule has 0 spiro atoms. The summed E-state index contributed by atoms with van der Waals surface area (Å²) in [4.78, 5) is 40.3. The van der Waals surface area contributed by atoms with Crippen LogP contribution in [0.15, 0.2) is 61.1 Å². The van der Waals surface area contributed by atoms with Crippen LogP contribution in [0.5, 0.6) is 0 Å². The van der Waals surface area contributed by atoms with E-state index in [-0.39, 0.29) is 24.3 Å². The number of terminal acetylenes is 1. The number of likely N-dealkylation sites (tertiary alicyclic amines) is 1. The molecule has 4 heterocycles. The number of rotatable bonds is 5. The van der Waals surface area contributed by atoms with Crippen LogP contribution in [0.25, 0.3) is 16.8 Å². The monoisotopic (exact) mass is 465 g/mol. The van der Waals surface area contributed by atoms with Gasteiger partial charge in [-0.1, -0.05) is 24.1 Å². The lowest BCUT2D eigenvalue weighted by atomic mass is 10.1. The molecule has 1 fully saturated rings. The van der Waals surface area contributed by atoms with Crippen LogP contribution in [-0.4, -0.2) is 42.6 Å². The molecule has 3 N–H and O–H groups in total. The van der Waals surface area contributed by atoms with E-state index in [1.54, 1.807) is 53.8 Å². The van der Waals surface area contributed by atoms with Crippen molar-refractivity contribution in [2.24, 2.45) is 0 Å². The van der Waals surface area contributed by atoms with E-state index in [9.17, 15) is 9.59 Å². The zero-order valence-corrected chi connectivity index (χ0v) is 18.9. The number of nitrogens with one attached hydrogen (secondary N) is 1. The van der Waals surface area contributed by atoms with Gasteiger partial charge in [0.1, 0.15) is 28.7 Å². The van der Waals surface area contributed by atoms with Crippen molar-refractivity contribution in [2.75, 3.05) is 17.6 Å². The van der Waals surface area contributed by atoms with Crippen molar-refractivity contribution in [1.82, 2.24) is 24.3 Å². The number of aromatic nitrogens is 4. The first-order chi connectivity index (χ1) is 17.1. The Labute approximate surface area is 202 Å². The molecule has 0 saturated carbocycles. The van der Waals surface area contributed by atoms with E-state index in [0.717, 1.165) is 18.4 Å². The average molecular weight is 466 g/mol. The average Bonchev–Trinajstić information content (AvgIpc) is 3.51. The van der Waals surface area contributed by atoms with Crippen molar-refractivity contribution in [1.29, 1.82) is 0 Å². The Hall–Kier alpha value is -4.71. The van der Waals surface area contributed by atoms with Gasteiger partial charge in [-0.2, -0.15) is 0 Å². The van der Waals surface area contributed by atoms with Crippen molar-refractivity contribution in [3.8, 4) is 23.6 Å². The van der Waals surface area contributed by atoms with E-state index >= 15 is 0 Å². The molecule has 1 aliphatic rings. The van der Waals surface area contributed by atoms with E-state index in [2.05, 4.69) is 21.2 Å². The minimum Gasteiger partial charge on any atom is -0.382 e. The molecule has 0 radical (unpaired) electrons. The maximum absolute atomic E-state index is 12.6. The van der Waals surface area contributed by atoms with Crippen molar-refractivity contribution in [3.63, 3.8) is 0 Å². The Morgan fingerprint density at radius 1 is 1.14 bits per heavy atom. The zero-order chi connectivity index (χ0) is 24.4. The smallest absolute Gasteiger partial charge is 0.256 e. The molecular formula is C26H23N7O2. The van der Waals surface area contributed by atoms with Crippen LogP contribution in [0.2, 0.25) is 0 Å². The van der Waals surface area contributed by atoms with E-state index < -0.39 is 0 Å². The highest BCUT2D eigenvalue weighted by Gasteiger charge is 2.33. The summed E-state index contributed by atoms with van der Waals surface area (Å²) < 4.78 is 1.89. The number of pyridine rings is 1. The maximum atomic E-state index is 12.6. The molecule has 5 rings (SSSR count). The van der Waals surface area contributed by atoms with E-state index in [1.807, 2.05) is 16.5 Å². The highest BCUT2D eigenvalue weighted by atomic mass is 16.2. The van der Waals surface area contributed by atoms with Crippen molar-refractivity contribution in [3.05, 3.63) is 72.4 Å². The van der Waals surface area contributed by atoms with Crippen LogP contribution in [0.1, 0.15) is 41.5 Å². The number of fused-ring (bicyclic) bond motifs is 1. The standard InChI is InChI=1S/C26H23N7O2/c1-2-6-21(34)32-15-5-7-19(32)25-31-22(23-24(27)29-14-16-33(23)25)17-9-11-18(12-10-17)26(35)30-20-8-3-4-13-28-20/h1,3-4,8-14,16,19H,5-7,15H2,(H2,27,29)(H,28,30,35). The number of nitrogens with zero attached hydrogens (tertiary/aromatic N) is 5. The van der Waals surface area contributed by atoms with Crippen LogP contribution >= 0.6 is 0 Å². The maximum Gasteiger partial charge on any atom is 0.256 e. The fourth-order valence-electron chi connectivity index (χ4n) is 4.45. The number of carbonyl (C=O) groups is 2. The first kappa shape index (κ1) is 22.1. The SMILES string of the molecule is C#CCC(=O)N1CCCC1c1nc(-c2ccc(C(=O)Nc3ccccn3)cc2)c2c(N)nccn12. The van der Waals surface area contributed by atoms with Crippen LogP contribution in [0.4, 0.5) is 11.6 Å². The Kier molecular flexibility index (Phi) is 5.85. The quantitative estimate of drug-likeness (QED) is 0.437. The van der Waals surface area contributed by atoms with Gasteiger partial charge in [0.05, 0.1) is 12.5 Å². The van der Waals surface area contributed by atoms with E-state index in [0.29, 0.717) is 40.8 Å². The Morgan fingerprint density at radius 3 is 2.71 bits per heavy atom. The Morgan fingerprint density at radius 2 is 1.97 bits per heavy atom. The lowest BCUT2D eigenvalue weighted by Gasteiger charge is -2.23. The van der Waals surface area contributed by atoms with Gasteiger partial charge < -0.3 is 16.0 Å². The molecule has 174 valence electrons. The number of benzene rings is 1. The molecular weight excluding hydrogens is 442 g/mol. The second-order valence-electron chi connectivity index (χ2n) is 8.22. The van der Waals surface area contributed by atoms with Gasteiger partial charge >= 0.3 is 0 Å². The van der Waals surface area contributed by atoms with Crippen LogP contribution in [0, 0.1) is 12.3 Å². The first-order valence-electron chi connectivity index (χ1n) is 11.2. The summed E-state index contributed by atoms with van der Waals surface area (Å²) in [6.45, 7) is 0.635. The van der Waals surface area contributed by atoms with Crippen LogP contribution in [-0.2, 0) is 4.79 Å². The van der Waals surface area contributed by atoms with Gasteiger partial charge in [-0.05, 0) is 37.1 Å². The summed E-state index contributed by atoms with van der Waals surface area (Å²) in [5.74, 6) is 3.61. The Bertz CT molecular complexity index is 1440. The predicted molar refractivity (Wildman–Crippen MR) is 132 cm³/mol. The summed E-state index contributed by atoms with van der Waals surface area (Å²) in [6.07, 6.45) is 12.1. The minimum atomic E-state index is -0.263. The van der Waals surface area contributed by atoms with E-state index in [1.165, 1.54) is 0 Å². The third-order valence-corrected chi connectivity index (χ3v) is 6.06. The van der Waals surface area contributed by atoms with Crippen LogP contribution < -0.4 is 11.1 Å². The second kappa shape index (κ2) is 9.27. The zero-order valence-electron chi connectivity index (χ0n) is 18.9. The third kappa shape index (κ3) is 4.17. The summed E-state index contributed by atoms with van der Waals surface area (Å²) in [5, 5.41) is 2.77. The summed E-state index contributed by atoms with van der Waals surface area (Å²) in [5.41, 5.74) is 8.82. The number of hydrogen-bond donors (Lipinski definition) is 2. The van der Waals surface area contributed by atoms with Crippen molar-refractivity contribution < 1.29 is 9.59 Å². The number of nitrogen functional groups attached to an aromatic ring is 1. The third-order valence-electron chi connectivity index (χ3n) is 6.06. The summed E-state index contributed by atoms with van der Waals surface area (Å²) in [6, 6.07) is 12.2. The van der Waals surface area contributed by atoms with Gasteiger partial charge in [0.15, 0.2) is 0 Å². The fourth-order valence-corrected chi connectivity index (χ4v) is 4.45. The lowest BCUT2D eigenvalue weighted by molar-refractivity contribution is -0.131. The molecule has 2 amide bonds. The van der Waals surface area contributed by atoms with Gasteiger partial charge in [-0.3, -0.25) is 14.0 Å². The fraction of sp³-hybridized carbons (Fsp3) is 0.192. The Balaban J connectivity index is 1.50. The number of hydrogen-bond acceptors (Lipinski definition) is 6. The minimum absolute atomic E-state index is 0.0540. The molecule has 9 heteroatoms. The van der Waals surface area contributed by atoms with E-state index in [4.69, 9.17) is 17.1 Å². The molecule has 1 unspecified atom stereocenters. The van der Waals surface area contributed by atoms with Gasteiger partial charge in [0.2, 0.25) is 5.91 Å². The molecule has 35 heavy (non-hydrogen) atoms. The van der Waals surface area contributed by atoms with Crippen LogP contribution in [0.3, 0.4) is 0 Å². The molecule has 0 bridgehead atoms. The number of imidazole rings is 1. The highest BCUT2D eigenvalue weighted by Crippen LogP contribution is 2.36. The van der Waals surface area contributed by atoms with Crippen molar-refractivity contribution in [2.45, 2.75) is 25.3 Å². The first-order valence-corrected chi connectivity index (χ1v) is 11.2. The normalized spacial score (nSPS) is 15.2. The molecule has 1 aromatic carbocycles. The van der Waals surface area contributed by atoms with Gasteiger partial charge in [0, 0.05) is 36.3 Å². The molecule has 0 aliphatic carbocycles. The predicted octanol–water partition coefficient (Wildman–Crippen LogP) is 3.31. The van der Waals surface area contributed by atoms with Gasteiger partial charge in [0.25, 0.3) is 5.91 Å². The second-order valence-corrected chi connectivity index (χ2v) is 8.22. The molecule has 1 saturated heterocycles. The molecule has 3 aromatic heterocycles. The number of anilines is 2. The largest absolute Gasteiger partial charge is 0.382 e. The lowest BCUT2D eigenvalue weighted by Crippen LogP contribution is -2.31. The number of carbonyl (C=O) groups excluding carboxylic acids is 2. The molecule has 9 nitrogen and oxygen atoms in total. The topological polar surface area (TPSA) is 119 Å². The number of nitrogens with two attached hydrogens (primary N) is 1. The summed E-state index contributed by atoms with van der Waals surface area (Å²) >= 11 is 0. The summed E-state index contributed by atoms with van der Waals surface area (Å²) in [7, 11) is 0. The highest BCUT2D eigenvalue weighted by molar-refractivity contribution is 6.04. The van der Waals surface area contributed by atoms with Gasteiger partial charge in [-0.15, -0.1) is 6.42 Å². The van der Waals surface area contributed by atoms with Crippen molar-refractivity contribution >= 4 is 29.0 Å². The molecule has 1 aliphatic heterocycles. The number of amides is 2. The molecule has 4 aromatic rings. The van der Waals surface area contributed by atoms with Gasteiger partial charge in [-0.25, -0.2) is 15.0 Å². The molecule has 1 atom stereocenters.